The summed E-state index contributed by atoms with van der Waals surface area (Å²) in [7, 11) is 0. The van der Waals surface area contributed by atoms with Crippen LogP contribution in [0.5, 0.6) is 5.75 Å². The fraction of sp³-hybridized carbons (Fsp3) is 0.188. The van der Waals surface area contributed by atoms with Crippen molar-refractivity contribution in [1.29, 1.82) is 0 Å². The van der Waals surface area contributed by atoms with Crippen LogP contribution in [0.1, 0.15) is 37.9 Å². The fourth-order valence-corrected chi connectivity index (χ4v) is 5.82. The Morgan fingerprint density at radius 2 is 1.74 bits per heavy atom. The Labute approximate surface area is 251 Å². The summed E-state index contributed by atoms with van der Waals surface area (Å²) in [6.07, 6.45) is 1.41. The van der Waals surface area contributed by atoms with Crippen LogP contribution in [0, 0.1) is 0 Å². The molecule has 0 fully saturated rings. The van der Waals surface area contributed by atoms with E-state index < -0.39 is 12.0 Å². The molecule has 8 nitrogen and oxygen atoms in total. The number of hydrogen-bond acceptors (Lipinski definition) is 7. The van der Waals surface area contributed by atoms with Crippen LogP contribution in [0.25, 0.3) is 6.08 Å². The van der Waals surface area contributed by atoms with Crippen molar-refractivity contribution in [3.05, 3.63) is 126 Å². The molecule has 1 atom stereocenters. The van der Waals surface area contributed by atoms with E-state index in [9.17, 15) is 14.4 Å². The molecule has 1 aliphatic rings. The lowest BCUT2D eigenvalue weighted by Crippen LogP contribution is -2.40. The zero-order valence-corrected chi connectivity index (χ0v) is 24.7. The number of aromatic nitrogens is 1. The van der Waals surface area contributed by atoms with Crippen molar-refractivity contribution in [3.8, 4) is 5.75 Å². The summed E-state index contributed by atoms with van der Waals surface area (Å²) in [5, 5.41) is 3.20. The standard InChI is InChI=1S/C32H28ClN3O5S/c1-19(2)41-31(39)28-20(3)34-32-36(29(28)24-11-7-8-12-25(24)33)30(38)26(42-32)17-21-13-15-23(16-14-21)40-18-27(37)35-22-9-5-4-6-10-22/h4-17,19,29H,18H2,1-3H3,(H,35,37). The molecule has 10 heteroatoms. The number of rotatable bonds is 8. The molecule has 42 heavy (non-hydrogen) atoms. The normalized spacial score (nSPS) is 14.8. The van der Waals surface area contributed by atoms with Gasteiger partial charge in [-0.1, -0.05) is 71.5 Å². The van der Waals surface area contributed by atoms with Gasteiger partial charge in [0, 0.05) is 10.7 Å². The third kappa shape index (κ3) is 6.37. The molecule has 0 bridgehead atoms. The van der Waals surface area contributed by atoms with E-state index in [4.69, 9.17) is 21.1 Å². The van der Waals surface area contributed by atoms with Crippen LogP contribution in [-0.2, 0) is 14.3 Å². The molecule has 4 aromatic rings. The molecule has 1 aliphatic heterocycles. The highest BCUT2D eigenvalue weighted by molar-refractivity contribution is 7.07. The number of fused-ring (bicyclic) bond motifs is 1. The number of carbonyl (C=O) groups is 2. The van der Waals surface area contributed by atoms with E-state index in [1.165, 1.54) is 15.9 Å². The number of amides is 1. The van der Waals surface area contributed by atoms with Crippen LogP contribution in [0.15, 0.2) is 99.9 Å². The van der Waals surface area contributed by atoms with Crippen LogP contribution in [0.3, 0.4) is 0 Å². The predicted molar refractivity (Wildman–Crippen MR) is 163 cm³/mol. The first kappa shape index (κ1) is 29.0. The van der Waals surface area contributed by atoms with Gasteiger partial charge in [-0.15, -0.1) is 0 Å². The first-order valence-corrected chi connectivity index (χ1v) is 14.5. The minimum atomic E-state index is -0.791. The van der Waals surface area contributed by atoms with E-state index in [-0.39, 0.29) is 29.8 Å². The smallest absolute Gasteiger partial charge is 0.338 e. The van der Waals surface area contributed by atoms with Crippen molar-refractivity contribution in [1.82, 2.24) is 4.57 Å². The monoisotopic (exact) mass is 601 g/mol. The van der Waals surface area contributed by atoms with E-state index in [0.717, 1.165) is 5.56 Å². The molecule has 0 spiro atoms. The Morgan fingerprint density at radius 1 is 1.05 bits per heavy atom. The van der Waals surface area contributed by atoms with Gasteiger partial charge in [0.15, 0.2) is 11.4 Å². The van der Waals surface area contributed by atoms with Gasteiger partial charge in [0.05, 0.1) is 21.9 Å². The quantitative estimate of drug-likeness (QED) is 0.291. The second-order valence-electron chi connectivity index (χ2n) is 9.83. The highest BCUT2D eigenvalue weighted by Gasteiger charge is 2.34. The van der Waals surface area contributed by atoms with Crippen LogP contribution in [-0.4, -0.2) is 29.2 Å². The van der Waals surface area contributed by atoms with Crippen molar-refractivity contribution < 1.29 is 19.1 Å². The molecule has 2 heterocycles. The number of ether oxygens (including phenoxy) is 2. The Hall–Kier alpha value is -4.47. The first-order chi connectivity index (χ1) is 20.2. The van der Waals surface area contributed by atoms with Crippen molar-refractivity contribution in [3.63, 3.8) is 0 Å². The zero-order chi connectivity index (χ0) is 29.8. The number of halogens is 1. The van der Waals surface area contributed by atoms with Gasteiger partial charge in [-0.05, 0) is 68.3 Å². The predicted octanol–water partition coefficient (Wildman–Crippen LogP) is 4.86. The lowest BCUT2D eigenvalue weighted by atomic mass is 9.96. The zero-order valence-electron chi connectivity index (χ0n) is 23.2. The molecule has 214 valence electrons. The second kappa shape index (κ2) is 12.6. The maximum absolute atomic E-state index is 13.8. The summed E-state index contributed by atoms with van der Waals surface area (Å²) in [6.45, 7) is 5.12. The first-order valence-electron chi connectivity index (χ1n) is 13.3. The van der Waals surface area contributed by atoms with Crippen molar-refractivity contribution in [2.75, 3.05) is 11.9 Å². The number of nitrogens with zero attached hydrogens (tertiary/aromatic N) is 2. The molecular weight excluding hydrogens is 574 g/mol. The van der Waals surface area contributed by atoms with E-state index in [0.29, 0.717) is 37.1 Å². The molecule has 0 saturated heterocycles. The van der Waals surface area contributed by atoms with E-state index in [1.807, 2.05) is 24.3 Å². The van der Waals surface area contributed by atoms with Gasteiger partial charge < -0.3 is 14.8 Å². The Kier molecular flexibility index (Phi) is 8.70. The molecule has 0 saturated carbocycles. The lowest BCUT2D eigenvalue weighted by Gasteiger charge is -2.26. The van der Waals surface area contributed by atoms with Crippen LogP contribution in [0.2, 0.25) is 5.02 Å². The summed E-state index contributed by atoms with van der Waals surface area (Å²) in [5.74, 6) is -0.302. The van der Waals surface area contributed by atoms with E-state index in [2.05, 4.69) is 10.3 Å². The Morgan fingerprint density at radius 3 is 2.43 bits per heavy atom. The Bertz CT molecular complexity index is 1840. The molecular formula is C32H28ClN3O5S. The molecule has 1 N–H and O–H groups in total. The number of nitrogens with one attached hydrogen (secondary N) is 1. The molecule has 1 aromatic heterocycles. The van der Waals surface area contributed by atoms with Gasteiger partial charge in [-0.25, -0.2) is 9.79 Å². The fourth-order valence-electron chi connectivity index (χ4n) is 4.53. The molecule has 0 radical (unpaired) electrons. The highest BCUT2D eigenvalue weighted by Crippen LogP contribution is 2.34. The number of anilines is 1. The number of carbonyl (C=O) groups excluding carboxylic acids is 2. The number of allylic oxidation sites excluding steroid dienone is 1. The average Bonchev–Trinajstić information content (AvgIpc) is 3.26. The summed E-state index contributed by atoms with van der Waals surface area (Å²) in [5.41, 5.74) is 2.49. The summed E-state index contributed by atoms with van der Waals surface area (Å²) in [4.78, 5) is 44.3. The second-order valence-corrected chi connectivity index (χ2v) is 11.2. The minimum absolute atomic E-state index is 0.143. The average molecular weight is 602 g/mol. The van der Waals surface area contributed by atoms with E-state index >= 15 is 0 Å². The van der Waals surface area contributed by atoms with Crippen molar-refractivity contribution in [2.45, 2.75) is 32.9 Å². The summed E-state index contributed by atoms with van der Waals surface area (Å²) < 4.78 is 13.1. The van der Waals surface area contributed by atoms with Crippen LogP contribution < -0.4 is 24.9 Å². The van der Waals surface area contributed by atoms with Crippen molar-refractivity contribution in [2.24, 2.45) is 4.99 Å². The van der Waals surface area contributed by atoms with Gasteiger partial charge in [-0.2, -0.15) is 0 Å². The number of thiazole rings is 1. The molecule has 5 rings (SSSR count). The van der Waals surface area contributed by atoms with Gasteiger partial charge in [0.2, 0.25) is 0 Å². The molecule has 0 aliphatic carbocycles. The highest BCUT2D eigenvalue weighted by atomic mass is 35.5. The number of esters is 1. The number of benzene rings is 3. The SMILES string of the molecule is CC1=C(C(=O)OC(C)C)C(c2ccccc2Cl)n2c(sc(=Cc3ccc(OCC(=O)Nc4ccccc4)cc3)c2=O)=N1. The third-order valence-electron chi connectivity index (χ3n) is 6.39. The largest absolute Gasteiger partial charge is 0.484 e. The molecule has 1 unspecified atom stereocenters. The Balaban J connectivity index is 1.43. The lowest BCUT2D eigenvalue weighted by molar-refractivity contribution is -0.143. The maximum atomic E-state index is 13.8. The summed E-state index contributed by atoms with van der Waals surface area (Å²) in [6, 6.07) is 22.5. The van der Waals surface area contributed by atoms with Gasteiger partial charge in [-0.3, -0.25) is 14.2 Å². The minimum Gasteiger partial charge on any atom is -0.484 e. The van der Waals surface area contributed by atoms with E-state index in [1.54, 1.807) is 81.4 Å². The van der Waals surface area contributed by atoms with Crippen molar-refractivity contribution >= 4 is 46.6 Å². The molecule has 3 aromatic carbocycles. The third-order valence-corrected chi connectivity index (χ3v) is 7.72. The summed E-state index contributed by atoms with van der Waals surface area (Å²) >= 11 is 7.80. The van der Waals surface area contributed by atoms with Gasteiger partial charge in [0.1, 0.15) is 11.8 Å². The number of hydrogen-bond donors (Lipinski definition) is 1. The van der Waals surface area contributed by atoms with Crippen LogP contribution in [0.4, 0.5) is 5.69 Å². The number of para-hydroxylation sites is 1. The topological polar surface area (TPSA) is 99.0 Å². The van der Waals surface area contributed by atoms with Crippen LogP contribution >= 0.6 is 22.9 Å². The molecule has 1 amide bonds. The maximum Gasteiger partial charge on any atom is 0.338 e. The van der Waals surface area contributed by atoms with Gasteiger partial charge in [0.25, 0.3) is 11.5 Å². The van der Waals surface area contributed by atoms with Gasteiger partial charge >= 0.3 is 5.97 Å².